The summed E-state index contributed by atoms with van der Waals surface area (Å²) < 4.78 is 28.9. The van der Waals surface area contributed by atoms with Crippen LogP contribution in [-0.4, -0.2) is 74.9 Å². The van der Waals surface area contributed by atoms with E-state index in [0.717, 1.165) is 65.4 Å². The van der Waals surface area contributed by atoms with E-state index in [9.17, 15) is 9.90 Å². The number of methoxy groups -OCH3 is 2. The highest BCUT2D eigenvalue weighted by Crippen LogP contribution is 2.43. The van der Waals surface area contributed by atoms with Gasteiger partial charge in [0, 0.05) is 66.4 Å². The van der Waals surface area contributed by atoms with E-state index in [-0.39, 0.29) is 30.7 Å². The first kappa shape index (κ1) is 37.1. The fourth-order valence-corrected chi connectivity index (χ4v) is 5.94. The molecule has 1 amide bonds. The lowest BCUT2D eigenvalue weighted by molar-refractivity contribution is -0.106. The third-order valence-corrected chi connectivity index (χ3v) is 8.23. The van der Waals surface area contributed by atoms with E-state index in [1.165, 1.54) is 4.68 Å². The van der Waals surface area contributed by atoms with Gasteiger partial charge in [0.1, 0.15) is 5.65 Å². The smallest absolute Gasteiger partial charge is 0.329 e. The summed E-state index contributed by atoms with van der Waals surface area (Å²) in [5.41, 5.74) is 10.1. The summed E-state index contributed by atoms with van der Waals surface area (Å²) in [4.78, 5) is 30.1. The summed E-state index contributed by atoms with van der Waals surface area (Å²) in [5.74, 6) is -0.353. The number of H-pyrrole nitrogens is 1. The van der Waals surface area contributed by atoms with Gasteiger partial charge in [-0.3, -0.25) is 18.6 Å². The van der Waals surface area contributed by atoms with Crippen LogP contribution in [-0.2, 0) is 28.4 Å². The van der Waals surface area contributed by atoms with Crippen LogP contribution >= 0.6 is 0 Å². The van der Waals surface area contributed by atoms with E-state index in [1.807, 2.05) is 23.6 Å². The number of nitrogens with zero attached hydrogens (tertiary/aromatic N) is 5. The first-order valence-electron chi connectivity index (χ1n) is 15.7. The number of aromatic amines is 1. The molecule has 1 aromatic carbocycles. The van der Waals surface area contributed by atoms with Crippen molar-refractivity contribution >= 4 is 28.5 Å². The van der Waals surface area contributed by atoms with Gasteiger partial charge < -0.3 is 25.3 Å². The van der Waals surface area contributed by atoms with Gasteiger partial charge in [-0.15, -0.1) is 5.10 Å². The van der Waals surface area contributed by atoms with Crippen molar-refractivity contribution < 1.29 is 23.8 Å². The SMILES string of the molecule is CC(CCO)c1ccc(-c2c(-c3cn(C)nc3F)[nH]c3ncc4c(c23)n(C2CCCC2)c(=O)n4C)cc1.CCOC.COC.NC=O. The molecule has 4 aromatic heterocycles. The van der Waals surface area contributed by atoms with Crippen LogP contribution in [0.5, 0.6) is 0 Å². The average Bonchev–Trinajstić information content (AvgIpc) is 3.84. The maximum absolute atomic E-state index is 15.0. The molecule has 256 valence electrons. The molecule has 13 heteroatoms. The largest absolute Gasteiger partial charge is 0.396 e. The van der Waals surface area contributed by atoms with Crippen molar-refractivity contribution in [3.63, 3.8) is 0 Å². The number of rotatable bonds is 7. The first-order valence-corrected chi connectivity index (χ1v) is 15.7. The molecule has 1 fully saturated rings. The fourth-order valence-electron chi connectivity index (χ4n) is 5.94. The number of nitrogens with two attached hydrogens (primary N) is 1. The van der Waals surface area contributed by atoms with Crippen molar-refractivity contribution in [3.05, 3.63) is 58.7 Å². The van der Waals surface area contributed by atoms with Crippen LogP contribution in [0.15, 0.2) is 41.5 Å². The standard InChI is InChI=1S/C28H31FN6O2.C3H8O.C2H6O.CH3NO/c1-16(12-13-36)17-8-10-18(11-9-17)22-23-25-21(34(3)28(37)35(25)19-6-4-5-7-19)14-30-27(23)31-24(22)20-15-33(2)32-26(20)29;1-3-4-2;1-3-2;2-1-3/h8-11,14-16,19,36H,4-7,12-13H2,1-3H3,(H,30,31);3H2,1-2H3;1-2H3;1H,(H2,2,3). The van der Waals surface area contributed by atoms with E-state index in [0.29, 0.717) is 23.3 Å². The molecule has 12 nitrogen and oxygen atoms in total. The van der Waals surface area contributed by atoms with Crippen LogP contribution in [0.1, 0.15) is 63.5 Å². The predicted molar refractivity (Wildman–Crippen MR) is 183 cm³/mol. The van der Waals surface area contributed by atoms with Crippen molar-refractivity contribution in [2.45, 2.75) is 57.9 Å². The number of benzene rings is 1. The van der Waals surface area contributed by atoms with E-state index in [4.69, 9.17) is 4.79 Å². The predicted octanol–water partition coefficient (Wildman–Crippen LogP) is 5.04. The topological polar surface area (TPSA) is 155 Å². The van der Waals surface area contributed by atoms with Gasteiger partial charge in [-0.2, -0.15) is 4.39 Å². The zero-order valence-electron chi connectivity index (χ0n) is 28.4. The number of fused-ring (bicyclic) bond motifs is 3. The molecule has 4 heterocycles. The van der Waals surface area contributed by atoms with Gasteiger partial charge >= 0.3 is 5.69 Å². The van der Waals surface area contributed by atoms with E-state index >= 15 is 4.39 Å². The number of amides is 1. The number of carbonyl (C=O) groups excluding carboxylic acids is 1. The lowest BCUT2D eigenvalue weighted by Gasteiger charge is -2.14. The summed E-state index contributed by atoms with van der Waals surface area (Å²) >= 11 is 0. The number of halogens is 1. The Hall–Kier alpha value is -4.33. The number of ether oxygens (including phenoxy) is 2. The molecule has 0 saturated heterocycles. The van der Waals surface area contributed by atoms with Crippen LogP contribution in [0.2, 0.25) is 0 Å². The molecule has 1 aliphatic carbocycles. The minimum atomic E-state index is -0.569. The fraction of sp³-hybridized carbons (Fsp3) is 0.471. The molecule has 5 aromatic rings. The number of pyridine rings is 1. The molecule has 1 atom stereocenters. The van der Waals surface area contributed by atoms with Gasteiger partial charge in [-0.1, -0.05) is 44.0 Å². The van der Waals surface area contributed by atoms with Crippen molar-refractivity contribution in [1.82, 2.24) is 28.9 Å². The Morgan fingerprint density at radius 3 is 2.28 bits per heavy atom. The molecule has 47 heavy (non-hydrogen) atoms. The summed E-state index contributed by atoms with van der Waals surface area (Å²) in [6.07, 6.45) is 8.44. The molecule has 0 radical (unpaired) electrons. The molecule has 0 bridgehead atoms. The lowest BCUT2D eigenvalue weighted by Crippen LogP contribution is -2.24. The molecular formula is C34H48FN7O5. The Bertz CT molecular complexity index is 1780. The summed E-state index contributed by atoms with van der Waals surface area (Å²) in [6.45, 7) is 5.00. The number of aromatic nitrogens is 6. The average molecular weight is 654 g/mol. The van der Waals surface area contributed by atoms with Crippen LogP contribution < -0.4 is 11.4 Å². The third-order valence-electron chi connectivity index (χ3n) is 8.23. The number of primary amides is 1. The van der Waals surface area contributed by atoms with Gasteiger partial charge in [0.05, 0.1) is 33.9 Å². The van der Waals surface area contributed by atoms with Gasteiger partial charge in [0.25, 0.3) is 0 Å². The maximum atomic E-state index is 15.0. The summed E-state index contributed by atoms with van der Waals surface area (Å²) in [5, 5.41) is 14.1. The maximum Gasteiger partial charge on any atom is 0.329 e. The highest BCUT2D eigenvalue weighted by molar-refractivity contribution is 6.14. The van der Waals surface area contributed by atoms with Crippen LogP contribution in [0.3, 0.4) is 0 Å². The third kappa shape index (κ3) is 8.16. The number of hydrogen-bond donors (Lipinski definition) is 3. The summed E-state index contributed by atoms with van der Waals surface area (Å²) in [7, 11) is 8.41. The number of carbonyl (C=O) groups is 1. The molecule has 1 aliphatic rings. The molecule has 1 unspecified atom stereocenters. The van der Waals surface area contributed by atoms with E-state index in [2.05, 4.69) is 49.3 Å². The second kappa shape index (κ2) is 17.5. The number of aryl methyl sites for hydroxylation is 2. The second-order valence-corrected chi connectivity index (χ2v) is 11.4. The normalized spacial score (nSPS) is 13.4. The Kier molecular flexibility index (Phi) is 13.9. The van der Waals surface area contributed by atoms with Crippen molar-refractivity contribution in [2.24, 2.45) is 19.8 Å². The number of hydrogen-bond acceptors (Lipinski definition) is 7. The second-order valence-electron chi connectivity index (χ2n) is 11.4. The number of aliphatic hydroxyl groups excluding tert-OH is 1. The highest BCUT2D eigenvalue weighted by Gasteiger charge is 2.28. The Balaban J connectivity index is 0.000000534. The first-order chi connectivity index (χ1) is 22.6. The minimum absolute atomic E-state index is 0.0503. The van der Waals surface area contributed by atoms with Crippen molar-refractivity contribution in [2.75, 3.05) is 34.5 Å². The molecule has 6 rings (SSSR count). The Morgan fingerprint density at radius 1 is 1.17 bits per heavy atom. The molecule has 0 spiro atoms. The number of nitrogens with one attached hydrogen (secondary N) is 1. The zero-order valence-corrected chi connectivity index (χ0v) is 28.4. The molecule has 1 saturated carbocycles. The lowest BCUT2D eigenvalue weighted by atomic mass is 9.94. The minimum Gasteiger partial charge on any atom is -0.396 e. The summed E-state index contributed by atoms with van der Waals surface area (Å²) in [6, 6.07) is 8.30. The van der Waals surface area contributed by atoms with Crippen LogP contribution in [0.4, 0.5) is 4.39 Å². The van der Waals surface area contributed by atoms with E-state index in [1.54, 1.807) is 52.4 Å². The zero-order chi connectivity index (χ0) is 34.7. The van der Waals surface area contributed by atoms with E-state index < -0.39 is 5.95 Å². The van der Waals surface area contributed by atoms with Gasteiger partial charge in [-0.05, 0) is 43.2 Å². The van der Waals surface area contributed by atoms with Crippen molar-refractivity contribution in [3.8, 4) is 22.4 Å². The van der Waals surface area contributed by atoms with Gasteiger partial charge in [0.15, 0.2) is 0 Å². The monoisotopic (exact) mass is 653 g/mol. The van der Waals surface area contributed by atoms with Crippen LogP contribution in [0.25, 0.3) is 44.5 Å². The Morgan fingerprint density at radius 2 is 1.77 bits per heavy atom. The van der Waals surface area contributed by atoms with Crippen LogP contribution in [0, 0.1) is 5.95 Å². The van der Waals surface area contributed by atoms with Gasteiger partial charge in [0.2, 0.25) is 12.4 Å². The molecule has 4 N–H and O–H groups in total. The molecule has 0 aliphatic heterocycles. The quantitative estimate of drug-likeness (QED) is 0.208. The molecular weight excluding hydrogens is 605 g/mol. The Labute approximate surface area is 274 Å². The number of aliphatic hydroxyl groups is 1. The number of imidazole rings is 1. The highest BCUT2D eigenvalue weighted by atomic mass is 19.1. The van der Waals surface area contributed by atoms with Gasteiger partial charge in [-0.25, -0.2) is 9.78 Å². The van der Waals surface area contributed by atoms with Crippen molar-refractivity contribution in [1.29, 1.82) is 0 Å².